The van der Waals surface area contributed by atoms with Crippen LogP contribution in [0.25, 0.3) is 6.08 Å². The number of amidine groups is 1. The standard InChI is InChI=1S/C19H24N2O3S/c1-3-23-15-9-8-14(12-16(15)24-4-2)13-17-18(22)20-19(25-17)21-10-6-5-7-11-21/h8-9,12-13H,3-7,10-11H2,1-2H3/b17-13+. The molecule has 2 aliphatic rings. The maximum atomic E-state index is 12.3. The Morgan fingerprint density at radius 2 is 1.84 bits per heavy atom. The minimum Gasteiger partial charge on any atom is -0.490 e. The van der Waals surface area contributed by atoms with Gasteiger partial charge in [-0.25, -0.2) is 0 Å². The van der Waals surface area contributed by atoms with Crippen molar-refractivity contribution in [3.8, 4) is 11.5 Å². The van der Waals surface area contributed by atoms with Crippen LogP contribution in [0.3, 0.4) is 0 Å². The summed E-state index contributed by atoms with van der Waals surface area (Å²) in [5.41, 5.74) is 0.915. The number of ether oxygens (including phenoxy) is 2. The lowest BCUT2D eigenvalue weighted by atomic mass is 10.1. The van der Waals surface area contributed by atoms with Crippen molar-refractivity contribution < 1.29 is 14.3 Å². The van der Waals surface area contributed by atoms with E-state index in [1.54, 1.807) is 0 Å². The molecular weight excluding hydrogens is 336 g/mol. The summed E-state index contributed by atoms with van der Waals surface area (Å²) in [6.45, 7) is 7.01. The van der Waals surface area contributed by atoms with Gasteiger partial charge in [0.25, 0.3) is 5.91 Å². The number of likely N-dealkylation sites (tertiary alicyclic amines) is 1. The minimum atomic E-state index is -0.155. The largest absolute Gasteiger partial charge is 0.490 e. The molecule has 0 unspecified atom stereocenters. The van der Waals surface area contributed by atoms with Crippen LogP contribution in [-0.2, 0) is 4.79 Å². The number of amides is 1. The summed E-state index contributed by atoms with van der Waals surface area (Å²) >= 11 is 1.47. The van der Waals surface area contributed by atoms with E-state index >= 15 is 0 Å². The summed E-state index contributed by atoms with van der Waals surface area (Å²) in [4.78, 5) is 19.4. The maximum absolute atomic E-state index is 12.3. The van der Waals surface area contributed by atoms with Gasteiger partial charge < -0.3 is 14.4 Å². The van der Waals surface area contributed by atoms with Gasteiger partial charge in [0.05, 0.1) is 18.1 Å². The molecular formula is C19H24N2O3S. The molecule has 1 amide bonds. The van der Waals surface area contributed by atoms with E-state index in [9.17, 15) is 4.79 Å². The highest BCUT2D eigenvalue weighted by Crippen LogP contribution is 2.34. The van der Waals surface area contributed by atoms with Gasteiger partial charge in [-0.3, -0.25) is 4.79 Å². The molecule has 3 rings (SSSR count). The number of hydrogen-bond acceptors (Lipinski definition) is 5. The first kappa shape index (κ1) is 17.9. The number of carbonyl (C=O) groups excluding carboxylic acids is 1. The van der Waals surface area contributed by atoms with Crippen molar-refractivity contribution in [1.82, 2.24) is 4.90 Å². The second kappa shape index (κ2) is 8.43. The monoisotopic (exact) mass is 360 g/mol. The fraction of sp³-hybridized carbons (Fsp3) is 0.474. The molecule has 0 atom stereocenters. The van der Waals surface area contributed by atoms with E-state index in [-0.39, 0.29) is 5.91 Å². The van der Waals surface area contributed by atoms with Crippen LogP contribution in [0.2, 0.25) is 0 Å². The Morgan fingerprint density at radius 1 is 1.12 bits per heavy atom. The van der Waals surface area contributed by atoms with E-state index in [0.717, 1.165) is 29.6 Å². The second-order valence-electron chi connectivity index (χ2n) is 5.93. The van der Waals surface area contributed by atoms with Crippen molar-refractivity contribution >= 4 is 28.9 Å². The van der Waals surface area contributed by atoms with Gasteiger partial charge in [-0.2, -0.15) is 4.99 Å². The molecule has 0 N–H and O–H groups in total. The van der Waals surface area contributed by atoms with Crippen molar-refractivity contribution in [2.45, 2.75) is 33.1 Å². The number of benzene rings is 1. The van der Waals surface area contributed by atoms with Crippen LogP contribution in [0.5, 0.6) is 11.5 Å². The molecule has 1 aromatic rings. The fourth-order valence-corrected chi connectivity index (χ4v) is 3.89. The Bertz CT molecular complexity index is 694. The van der Waals surface area contributed by atoms with E-state index in [2.05, 4.69) is 9.89 Å². The fourth-order valence-electron chi connectivity index (χ4n) is 2.93. The van der Waals surface area contributed by atoms with Crippen LogP contribution in [0, 0.1) is 0 Å². The number of carbonyl (C=O) groups is 1. The van der Waals surface area contributed by atoms with Crippen molar-refractivity contribution in [1.29, 1.82) is 0 Å². The number of hydrogen-bond donors (Lipinski definition) is 0. The van der Waals surface area contributed by atoms with Gasteiger partial charge in [-0.1, -0.05) is 6.07 Å². The zero-order chi connectivity index (χ0) is 17.6. The maximum Gasteiger partial charge on any atom is 0.286 e. The van der Waals surface area contributed by atoms with E-state index in [4.69, 9.17) is 9.47 Å². The molecule has 0 radical (unpaired) electrons. The van der Waals surface area contributed by atoms with E-state index in [1.165, 1.54) is 31.0 Å². The van der Waals surface area contributed by atoms with Crippen molar-refractivity contribution in [2.75, 3.05) is 26.3 Å². The Kier molecular flexibility index (Phi) is 6.02. The Balaban J connectivity index is 1.76. The molecule has 2 aliphatic heterocycles. The topological polar surface area (TPSA) is 51.1 Å². The highest BCUT2D eigenvalue weighted by molar-refractivity contribution is 8.18. The average Bonchev–Trinajstić information content (AvgIpc) is 2.99. The smallest absolute Gasteiger partial charge is 0.286 e. The van der Waals surface area contributed by atoms with E-state index in [1.807, 2.05) is 38.1 Å². The van der Waals surface area contributed by atoms with Crippen LogP contribution >= 0.6 is 11.8 Å². The Labute approximate surface area is 153 Å². The molecule has 2 heterocycles. The normalized spacial score (nSPS) is 19.3. The number of rotatable bonds is 5. The van der Waals surface area contributed by atoms with Crippen molar-refractivity contribution in [3.63, 3.8) is 0 Å². The van der Waals surface area contributed by atoms with Crippen molar-refractivity contribution in [3.05, 3.63) is 28.7 Å². The first-order valence-corrected chi connectivity index (χ1v) is 9.70. The summed E-state index contributed by atoms with van der Waals surface area (Å²) in [7, 11) is 0. The summed E-state index contributed by atoms with van der Waals surface area (Å²) in [6, 6.07) is 5.73. The van der Waals surface area contributed by atoms with Crippen LogP contribution < -0.4 is 9.47 Å². The zero-order valence-electron chi connectivity index (χ0n) is 14.8. The van der Waals surface area contributed by atoms with Gasteiger partial charge in [0, 0.05) is 13.1 Å². The summed E-state index contributed by atoms with van der Waals surface area (Å²) < 4.78 is 11.2. The summed E-state index contributed by atoms with van der Waals surface area (Å²) in [6.07, 6.45) is 5.48. The van der Waals surface area contributed by atoms with E-state index in [0.29, 0.717) is 23.9 Å². The molecule has 0 spiro atoms. The lowest BCUT2D eigenvalue weighted by molar-refractivity contribution is -0.113. The van der Waals surface area contributed by atoms with Crippen LogP contribution in [0.15, 0.2) is 28.1 Å². The molecule has 0 saturated carbocycles. The molecule has 1 aromatic carbocycles. The molecule has 5 nitrogen and oxygen atoms in total. The summed E-state index contributed by atoms with van der Waals surface area (Å²) in [5.74, 6) is 1.27. The van der Waals surface area contributed by atoms with Gasteiger partial charge in [-0.05, 0) is 68.6 Å². The SMILES string of the molecule is CCOc1ccc(/C=C2/SC(N3CCCCC3)=NC2=O)cc1OCC. The van der Waals surface area contributed by atoms with Gasteiger partial charge in [-0.15, -0.1) is 0 Å². The van der Waals surface area contributed by atoms with Crippen LogP contribution in [-0.4, -0.2) is 42.3 Å². The van der Waals surface area contributed by atoms with Crippen molar-refractivity contribution in [2.24, 2.45) is 4.99 Å². The third-order valence-electron chi connectivity index (χ3n) is 4.10. The van der Waals surface area contributed by atoms with Gasteiger partial charge >= 0.3 is 0 Å². The molecule has 0 aromatic heterocycles. The number of aliphatic imine (C=N–C) groups is 1. The molecule has 1 saturated heterocycles. The van der Waals surface area contributed by atoms with Gasteiger partial charge in [0.2, 0.25) is 0 Å². The number of thioether (sulfide) groups is 1. The van der Waals surface area contributed by atoms with Gasteiger partial charge in [0.1, 0.15) is 0 Å². The van der Waals surface area contributed by atoms with Crippen LogP contribution in [0.1, 0.15) is 38.7 Å². The van der Waals surface area contributed by atoms with Crippen LogP contribution in [0.4, 0.5) is 0 Å². The predicted molar refractivity (Wildman–Crippen MR) is 102 cm³/mol. The number of nitrogens with zero attached hydrogens (tertiary/aromatic N) is 2. The quantitative estimate of drug-likeness (QED) is 0.745. The first-order chi connectivity index (χ1) is 12.2. The lowest BCUT2D eigenvalue weighted by Gasteiger charge is -2.27. The predicted octanol–water partition coefficient (Wildman–Crippen LogP) is 3.94. The lowest BCUT2D eigenvalue weighted by Crippen LogP contribution is -2.33. The van der Waals surface area contributed by atoms with Gasteiger partial charge in [0.15, 0.2) is 16.7 Å². The summed E-state index contributed by atoms with van der Waals surface area (Å²) in [5, 5.41) is 0.840. The highest BCUT2D eigenvalue weighted by Gasteiger charge is 2.26. The average molecular weight is 360 g/mol. The molecule has 25 heavy (non-hydrogen) atoms. The second-order valence-corrected chi connectivity index (χ2v) is 6.94. The highest BCUT2D eigenvalue weighted by atomic mass is 32.2. The van der Waals surface area contributed by atoms with E-state index < -0.39 is 0 Å². The molecule has 134 valence electrons. The third-order valence-corrected chi connectivity index (χ3v) is 5.15. The minimum absolute atomic E-state index is 0.155. The number of piperidine rings is 1. The first-order valence-electron chi connectivity index (χ1n) is 8.88. The molecule has 1 fully saturated rings. The molecule has 6 heteroatoms. The third kappa shape index (κ3) is 4.37. The molecule has 0 bridgehead atoms. The Hall–Kier alpha value is -1.95. The Morgan fingerprint density at radius 3 is 2.56 bits per heavy atom. The molecule has 0 aliphatic carbocycles. The zero-order valence-corrected chi connectivity index (χ0v) is 15.6.